The first kappa shape index (κ1) is 12.2. The zero-order valence-corrected chi connectivity index (χ0v) is 10.4. The molecule has 0 fully saturated rings. The highest BCUT2D eigenvalue weighted by Gasteiger charge is 2.32. The van der Waals surface area contributed by atoms with Crippen molar-refractivity contribution >= 4 is 22.6 Å². The van der Waals surface area contributed by atoms with Crippen molar-refractivity contribution in [3.63, 3.8) is 0 Å². The largest absolute Gasteiger partial charge is 0.465 e. The lowest BCUT2D eigenvalue weighted by atomic mass is 10.1. The molecule has 17 heavy (non-hydrogen) atoms. The van der Waals surface area contributed by atoms with Crippen LogP contribution < -0.4 is 5.73 Å². The molecule has 1 aliphatic heterocycles. The van der Waals surface area contributed by atoms with Crippen molar-refractivity contribution < 1.29 is 9.53 Å². The van der Waals surface area contributed by atoms with Crippen molar-refractivity contribution in [3.8, 4) is 0 Å². The summed E-state index contributed by atoms with van der Waals surface area (Å²) in [6, 6.07) is 9.94. The summed E-state index contributed by atoms with van der Waals surface area (Å²) in [5.41, 5.74) is 7.04. The number of carbonyl (C=O) groups is 1. The highest BCUT2D eigenvalue weighted by Crippen LogP contribution is 2.40. The maximum absolute atomic E-state index is 11.7. The summed E-state index contributed by atoms with van der Waals surface area (Å²) >= 11 is 1.52. The van der Waals surface area contributed by atoms with E-state index in [0.29, 0.717) is 6.61 Å². The highest BCUT2D eigenvalue weighted by molar-refractivity contribution is 8.09. The van der Waals surface area contributed by atoms with E-state index in [0.717, 1.165) is 10.5 Å². The summed E-state index contributed by atoms with van der Waals surface area (Å²) in [6.07, 6.45) is 1.91. The zero-order chi connectivity index (χ0) is 12.3. The molecule has 2 unspecified atom stereocenters. The van der Waals surface area contributed by atoms with E-state index < -0.39 is 0 Å². The predicted molar refractivity (Wildman–Crippen MR) is 70.1 cm³/mol. The SMILES string of the molecule is CCOC(=O)C1C=C(c2ccccc2)SC1N. The molecule has 0 aliphatic carbocycles. The molecule has 2 rings (SSSR count). The van der Waals surface area contributed by atoms with Gasteiger partial charge in [-0.05, 0) is 12.5 Å². The van der Waals surface area contributed by atoms with Gasteiger partial charge in [-0.1, -0.05) is 36.4 Å². The topological polar surface area (TPSA) is 52.3 Å². The molecular formula is C13H15NO2S. The summed E-state index contributed by atoms with van der Waals surface area (Å²) < 4.78 is 5.00. The minimum atomic E-state index is -0.338. The number of benzene rings is 1. The van der Waals surface area contributed by atoms with Crippen molar-refractivity contribution in [1.82, 2.24) is 0 Å². The van der Waals surface area contributed by atoms with Crippen molar-refractivity contribution in [3.05, 3.63) is 42.0 Å². The van der Waals surface area contributed by atoms with Crippen LogP contribution in [0.5, 0.6) is 0 Å². The van der Waals surface area contributed by atoms with Crippen LogP contribution in [-0.2, 0) is 9.53 Å². The van der Waals surface area contributed by atoms with Crippen molar-refractivity contribution in [2.24, 2.45) is 11.7 Å². The Hall–Kier alpha value is -1.26. The quantitative estimate of drug-likeness (QED) is 0.835. The molecule has 1 aromatic rings. The summed E-state index contributed by atoms with van der Waals surface area (Å²) in [4.78, 5) is 12.7. The second-order valence-electron chi connectivity index (χ2n) is 3.76. The van der Waals surface area contributed by atoms with E-state index in [1.54, 1.807) is 6.92 Å². The molecular weight excluding hydrogens is 234 g/mol. The molecule has 0 aromatic heterocycles. The van der Waals surface area contributed by atoms with Gasteiger partial charge >= 0.3 is 5.97 Å². The van der Waals surface area contributed by atoms with Crippen LogP contribution in [0.4, 0.5) is 0 Å². The fraction of sp³-hybridized carbons (Fsp3) is 0.308. The second kappa shape index (κ2) is 5.38. The van der Waals surface area contributed by atoms with Gasteiger partial charge < -0.3 is 10.5 Å². The molecule has 1 aromatic carbocycles. The Bertz CT molecular complexity index is 430. The summed E-state index contributed by atoms with van der Waals surface area (Å²) in [5, 5.41) is -0.246. The standard InChI is InChI=1S/C13H15NO2S/c1-2-16-13(15)10-8-11(17-12(10)14)9-6-4-3-5-7-9/h3-8,10,12H,2,14H2,1H3. The highest BCUT2D eigenvalue weighted by atomic mass is 32.2. The predicted octanol–water partition coefficient (Wildman–Crippen LogP) is 2.24. The van der Waals surface area contributed by atoms with E-state index in [1.807, 2.05) is 36.4 Å². The molecule has 4 heteroatoms. The normalized spacial score (nSPS) is 23.3. The lowest BCUT2D eigenvalue weighted by Gasteiger charge is -2.11. The fourth-order valence-corrected chi connectivity index (χ4v) is 2.85. The van der Waals surface area contributed by atoms with Gasteiger partial charge in [0.25, 0.3) is 0 Å². The first-order valence-electron chi connectivity index (χ1n) is 5.58. The Balaban J connectivity index is 2.17. The molecule has 2 atom stereocenters. The zero-order valence-electron chi connectivity index (χ0n) is 9.63. The number of ether oxygens (including phenoxy) is 1. The Labute approximate surface area is 105 Å². The minimum absolute atomic E-state index is 0.238. The maximum atomic E-state index is 11.7. The second-order valence-corrected chi connectivity index (χ2v) is 4.98. The van der Waals surface area contributed by atoms with E-state index in [9.17, 15) is 4.79 Å². The van der Waals surface area contributed by atoms with E-state index in [1.165, 1.54) is 11.8 Å². The van der Waals surface area contributed by atoms with Crippen LogP contribution >= 0.6 is 11.8 Å². The van der Waals surface area contributed by atoms with E-state index in [4.69, 9.17) is 10.5 Å². The minimum Gasteiger partial charge on any atom is -0.465 e. The number of esters is 1. The number of carbonyl (C=O) groups excluding carboxylic acids is 1. The van der Waals surface area contributed by atoms with E-state index >= 15 is 0 Å². The van der Waals surface area contributed by atoms with Gasteiger partial charge in [-0.3, -0.25) is 4.79 Å². The smallest absolute Gasteiger partial charge is 0.315 e. The number of hydrogen-bond acceptors (Lipinski definition) is 4. The van der Waals surface area contributed by atoms with Crippen LogP contribution in [0.1, 0.15) is 12.5 Å². The summed E-state index contributed by atoms with van der Waals surface area (Å²) in [7, 11) is 0. The van der Waals surface area contributed by atoms with Gasteiger partial charge in [0.15, 0.2) is 0 Å². The van der Waals surface area contributed by atoms with Gasteiger partial charge in [-0.15, -0.1) is 11.8 Å². The molecule has 0 bridgehead atoms. The number of thioether (sulfide) groups is 1. The van der Waals surface area contributed by atoms with Crippen LogP contribution in [0.25, 0.3) is 4.91 Å². The van der Waals surface area contributed by atoms with E-state index in [2.05, 4.69) is 0 Å². The fourth-order valence-electron chi connectivity index (χ4n) is 1.72. The maximum Gasteiger partial charge on any atom is 0.315 e. The van der Waals surface area contributed by atoms with Crippen molar-refractivity contribution in [2.45, 2.75) is 12.3 Å². The van der Waals surface area contributed by atoms with Gasteiger partial charge in [0, 0.05) is 4.91 Å². The third-order valence-corrected chi connectivity index (χ3v) is 3.76. The average Bonchev–Trinajstić information content (AvgIpc) is 2.73. The van der Waals surface area contributed by atoms with Gasteiger partial charge in [-0.2, -0.15) is 0 Å². The first-order valence-corrected chi connectivity index (χ1v) is 6.46. The van der Waals surface area contributed by atoms with Crippen LogP contribution in [-0.4, -0.2) is 18.0 Å². The molecule has 0 spiro atoms. The lowest BCUT2D eigenvalue weighted by molar-refractivity contribution is -0.146. The van der Waals surface area contributed by atoms with Crippen LogP contribution in [0.2, 0.25) is 0 Å². The third kappa shape index (κ3) is 2.70. The van der Waals surface area contributed by atoms with Crippen molar-refractivity contribution in [1.29, 1.82) is 0 Å². The van der Waals surface area contributed by atoms with Gasteiger partial charge in [0.2, 0.25) is 0 Å². The van der Waals surface area contributed by atoms with Gasteiger partial charge in [0.05, 0.1) is 12.0 Å². The lowest BCUT2D eigenvalue weighted by Crippen LogP contribution is -2.30. The van der Waals surface area contributed by atoms with E-state index in [-0.39, 0.29) is 17.3 Å². The summed E-state index contributed by atoms with van der Waals surface area (Å²) in [5.74, 6) is -0.575. The number of hydrogen-bond donors (Lipinski definition) is 1. The average molecular weight is 249 g/mol. The molecule has 1 aliphatic rings. The Morgan fingerprint density at radius 1 is 1.41 bits per heavy atom. The van der Waals surface area contributed by atoms with Crippen molar-refractivity contribution in [2.75, 3.05) is 6.61 Å². The molecule has 1 heterocycles. The molecule has 90 valence electrons. The van der Waals surface area contributed by atoms with Crippen LogP contribution in [0, 0.1) is 5.92 Å². The van der Waals surface area contributed by atoms with Gasteiger partial charge in [0.1, 0.15) is 5.92 Å². The Kier molecular flexibility index (Phi) is 3.86. The molecule has 3 nitrogen and oxygen atoms in total. The molecule has 0 radical (unpaired) electrons. The first-order chi connectivity index (χ1) is 8.22. The number of rotatable bonds is 3. The van der Waals surface area contributed by atoms with Crippen LogP contribution in [0.15, 0.2) is 36.4 Å². The monoisotopic (exact) mass is 249 g/mol. The molecule has 0 saturated carbocycles. The van der Waals surface area contributed by atoms with Crippen LogP contribution in [0.3, 0.4) is 0 Å². The molecule has 0 saturated heterocycles. The molecule has 0 amide bonds. The third-order valence-electron chi connectivity index (χ3n) is 2.56. The number of nitrogens with two attached hydrogens (primary N) is 1. The Morgan fingerprint density at radius 3 is 2.76 bits per heavy atom. The Morgan fingerprint density at radius 2 is 2.12 bits per heavy atom. The summed E-state index contributed by atoms with van der Waals surface area (Å²) in [6.45, 7) is 2.19. The molecule has 2 N–H and O–H groups in total. The van der Waals surface area contributed by atoms with Gasteiger partial charge in [-0.25, -0.2) is 0 Å².